The summed E-state index contributed by atoms with van der Waals surface area (Å²) in [6.45, 7) is 4.30. The van der Waals surface area contributed by atoms with Gasteiger partial charge in [0.1, 0.15) is 26.8 Å². The Bertz CT molecular complexity index is 1970. The van der Waals surface area contributed by atoms with Crippen molar-refractivity contribution in [1.29, 1.82) is 0 Å². The number of aromatic hydroxyl groups is 1. The van der Waals surface area contributed by atoms with Gasteiger partial charge in [0.25, 0.3) is 25.6 Å². The minimum atomic E-state index is -4.43. The summed E-state index contributed by atoms with van der Waals surface area (Å²) in [7, 11) is -8.55. The van der Waals surface area contributed by atoms with Crippen LogP contribution < -0.4 is 15.6 Å². The van der Waals surface area contributed by atoms with E-state index < -0.39 is 31.4 Å². The Labute approximate surface area is 235 Å². The van der Waals surface area contributed by atoms with Crippen LogP contribution in [0, 0.1) is 5.92 Å². The average molecular weight is 602 g/mol. The van der Waals surface area contributed by atoms with E-state index in [1.807, 2.05) is 13.8 Å². The number of anilines is 2. The van der Waals surface area contributed by atoms with Crippen LogP contribution in [0.4, 0.5) is 11.4 Å². The van der Waals surface area contributed by atoms with Gasteiger partial charge in [0, 0.05) is 12.7 Å². The Kier molecular flexibility index (Phi) is 7.06. The molecule has 0 bridgehead atoms. The number of aromatic nitrogens is 2. The van der Waals surface area contributed by atoms with Gasteiger partial charge in [-0.15, -0.1) is 4.40 Å². The summed E-state index contributed by atoms with van der Waals surface area (Å²) in [4.78, 5) is 17.3. The Morgan fingerprint density at radius 1 is 1.12 bits per heavy atom. The van der Waals surface area contributed by atoms with Gasteiger partial charge in [-0.25, -0.2) is 13.4 Å². The molecule has 4 aromatic rings. The molecule has 0 fully saturated rings. The number of fused-ring (bicyclic) bond motifs is 2. The molecule has 0 atom stereocenters. The number of halogens is 1. The summed E-state index contributed by atoms with van der Waals surface area (Å²) in [5.41, 5.74) is -0.701. The second-order valence-electron chi connectivity index (χ2n) is 9.52. The van der Waals surface area contributed by atoms with Crippen LogP contribution in [0.3, 0.4) is 0 Å². The third-order valence-corrected chi connectivity index (χ3v) is 9.46. The van der Waals surface area contributed by atoms with Crippen molar-refractivity contribution in [2.24, 2.45) is 10.3 Å². The van der Waals surface area contributed by atoms with E-state index in [1.165, 1.54) is 41.1 Å². The van der Waals surface area contributed by atoms with Gasteiger partial charge in [-0.2, -0.15) is 8.42 Å². The fourth-order valence-electron chi connectivity index (χ4n) is 4.28. The third kappa shape index (κ3) is 5.03. The molecule has 3 heterocycles. The molecule has 14 heteroatoms. The van der Waals surface area contributed by atoms with Crippen LogP contribution in [0.15, 0.2) is 79.8 Å². The SMILES string of the molecule is CC(C)CCn1c(=O)c(C2=NS(=O)(=O)c3cc(NS(=O)(=O)c4ccccc4Cl)ccc3N2)c(O)c2cccnc21. The first-order chi connectivity index (χ1) is 18.9. The molecular weight excluding hydrogens is 578 g/mol. The summed E-state index contributed by atoms with van der Waals surface area (Å²) in [6, 6.07) is 12.8. The lowest BCUT2D eigenvalue weighted by Crippen LogP contribution is -2.33. The molecule has 0 spiro atoms. The van der Waals surface area contributed by atoms with Gasteiger partial charge in [-0.05, 0) is 54.8 Å². The zero-order chi connectivity index (χ0) is 28.8. The van der Waals surface area contributed by atoms with Gasteiger partial charge in [0.2, 0.25) is 0 Å². The van der Waals surface area contributed by atoms with E-state index in [1.54, 1.807) is 18.2 Å². The summed E-state index contributed by atoms with van der Waals surface area (Å²) < 4.78 is 59.7. The number of sulfonamides is 2. The van der Waals surface area contributed by atoms with Crippen molar-refractivity contribution >= 4 is 59.9 Å². The Morgan fingerprint density at radius 2 is 1.88 bits per heavy atom. The number of nitrogens with one attached hydrogen (secondary N) is 2. The molecule has 0 saturated heterocycles. The van der Waals surface area contributed by atoms with Crippen molar-refractivity contribution in [3.8, 4) is 5.75 Å². The second-order valence-corrected chi connectivity index (χ2v) is 13.2. The molecule has 0 radical (unpaired) electrons. The first-order valence-electron chi connectivity index (χ1n) is 12.1. The van der Waals surface area contributed by atoms with Crippen LogP contribution in [-0.2, 0) is 26.6 Å². The van der Waals surface area contributed by atoms with Crippen molar-refractivity contribution in [2.75, 3.05) is 10.0 Å². The van der Waals surface area contributed by atoms with Crippen LogP contribution in [0.25, 0.3) is 11.0 Å². The minimum absolute atomic E-state index is 0.000864. The first-order valence-corrected chi connectivity index (χ1v) is 15.4. The number of hydrogen-bond acceptors (Lipinski definition) is 8. The van der Waals surface area contributed by atoms with E-state index in [4.69, 9.17) is 11.6 Å². The average Bonchev–Trinajstić information content (AvgIpc) is 2.88. The third-order valence-electron chi connectivity index (χ3n) is 6.26. The second kappa shape index (κ2) is 10.2. The van der Waals surface area contributed by atoms with Gasteiger partial charge in [-0.1, -0.05) is 37.6 Å². The standard InChI is InChI=1S/C26H24ClN5O6S2/c1-15(2)11-13-32-25-17(6-5-12-28-25)23(33)22(26(32)34)24-29-19-10-9-16(14-21(19)40(37,38)31-24)30-39(35,36)20-8-4-3-7-18(20)27/h3-10,12,14-15,30,33H,11,13H2,1-2H3,(H,29,31). The molecular formula is C26H24ClN5O6S2. The molecule has 3 N–H and O–H groups in total. The summed E-state index contributed by atoms with van der Waals surface area (Å²) in [5.74, 6) is -0.545. The highest BCUT2D eigenvalue weighted by Crippen LogP contribution is 2.34. The first kappa shape index (κ1) is 27.6. The van der Waals surface area contributed by atoms with Gasteiger partial charge in [0.15, 0.2) is 5.84 Å². The predicted octanol–water partition coefficient (Wildman–Crippen LogP) is 4.16. The number of rotatable bonds is 7. The lowest BCUT2D eigenvalue weighted by molar-refractivity contribution is 0.473. The summed E-state index contributed by atoms with van der Waals surface area (Å²) >= 11 is 6.02. The molecule has 208 valence electrons. The number of aryl methyl sites for hydroxylation is 1. The van der Waals surface area contributed by atoms with Crippen LogP contribution >= 0.6 is 11.6 Å². The van der Waals surface area contributed by atoms with Gasteiger partial charge in [0.05, 0.1) is 21.8 Å². The molecule has 11 nitrogen and oxygen atoms in total. The number of nitrogens with zero attached hydrogens (tertiary/aromatic N) is 3. The minimum Gasteiger partial charge on any atom is -0.506 e. The highest BCUT2D eigenvalue weighted by molar-refractivity contribution is 7.93. The molecule has 0 amide bonds. The maximum absolute atomic E-state index is 13.6. The number of pyridine rings is 2. The van der Waals surface area contributed by atoms with Crippen LogP contribution in [0.5, 0.6) is 5.75 Å². The molecule has 1 aliphatic rings. The van der Waals surface area contributed by atoms with Crippen LogP contribution in [0.2, 0.25) is 5.02 Å². The van der Waals surface area contributed by atoms with Crippen molar-refractivity contribution in [3.05, 3.63) is 81.7 Å². The fraction of sp³-hybridized carbons (Fsp3) is 0.192. The quantitative estimate of drug-likeness (QED) is 0.285. The van der Waals surface area contributed by atoms with Crippen molar-refractivity contribution in [1.82, 2.24) is 9.55 Å². The predicted molar refractivity (Wildman–Crippen MR) is 153 cm³/mol. The normalized spacial score (nSPS) is 14.4. The van der Waals surface area contributed by atoms with Crippen LogP contribution in [0.1, 0.15) is 25.8 Å². The molecule has 1 aliphatic heterocycles. The van der Waals surface area contributed by atoms with Crippen molar-refractivity contribution in [2.45, 2.75) is 36.6 Å². The Morgan fingerprint density at radius 3 is 2.60 bits per heavy atom. The topological polar surface area (TPSA) is 160 Å². The highest BCUT2D eigenvalue weighted by Gasteiger charge is 2.31. The lowest BCUT2D eigenvalue weighted by atomic mass is 10.1. The van der Waals surface area contributed by atoms with Gasteiger partial charge < -0.3 is 10.4 Å². The van der Waals surface area contributed by atoms with Crippen LogP contribution in [-0.4, -0.2) is 37.3 Å². The molecule has 2 aromatic carbocycles. The summed E-state index contributed by atoms with van der Waals surface area (Å²) in [5, 5.41) is 14.1. The van der Waals surface area contributed by atoms with Crippen molar-refractivity contribution < 1.29 is 21.9 Å². The molecule has 40 heavy (non-hydrogen) atoms. The summed E-state index contributed by atoms with van der Waals surface area (Å²) in [6.07, 6.45) is 2.14. The van der Waals surface area contributed by atoms with Gasteiger partial charge >= 0.3 is 0 Å². The maximum atomic E-state index is 13.6. The highest BCUT2D eigenvalue weighted by atomic mass is 35.5. The monoisotopic (exact) mass is 601 g/mol. The van der Waals surface area contributed by atoms with E-state index in [0.29, 0.717) is 13.0 Å². The Hall–Kier alpha value is -3.94. The molecule has 2 aromatic heterocycles. The van der Waals surface area contributed by atoms with E-state index in [-0.39, 0.29) is 54.5 Å². The molecule has 5 rings (SSSR count). The molecule has 0 unspecified atom stereocenters. The van der Waals surface area contributed by atoms with E-state index >= 15 is 0 Å². The lowest BCUT2D eigenvalue weighted by Gasteiger charge is -2.21. The van der Waals surface area contributed by atoms with E-state index in [2.05, 4.69) is 19.4 Å². The Balaban J connectivity index is 1.58. The number of amidine groups is 1. The fourth-order valence-corrected chi connectivity index (χ4v) is 6.99. The van der Waals surface area contributed by atoms with Gasteiger partial charge in [-0.3, -0.25) is 14.1 Å². The molecule has 0 aliphatic carbocycles. The zero-order valence-electron chi connectivity index (χ0n) is 21.3. The number of benzene rings is 2. The van der Waals surface area contributed by atoms with Crippen molar-refractivity contribution in [3.63, 3.8) is 0 Å². The van der Waals surface area contributed by atoms with E-state index in [9.17, 15) is 26.7 Å². The number of hydrogen-bond donors (Lipinski definition) is 3. The maximum Gasteiger partial charge on any atom is 0.286 e. The zero-order valence-corrected chi connectivity index (χ0v) is 23.7. The van der Waals surface area contributed by atoms with E-state index in [0.717, 1.165) is 6.07 Å². The smallest absolute Gasteiger partial charge is 0.286 e. The molecule has 0 saturated carbocycles. The largest absolute Gasteiger partial charge is 0.506 e.